The molecule has 1 saturated heterocycles. The molecular formula is C28H38N4O3. The number of amides is 2. The predicted octanol–water partition coefficient (Wildman–Crippen LogP) is 4.54. The van der Waals surface area contributed by atoms with Gasteiger partial charge in [0.15, 0.2) is 0 Å². The molecule has 1 heterocycles. The van der Waals surface area contributed by atoms with Crippen molar-refractivity contribution in [1.29, 1.82) is 0 Å². The number of hydrogen-bond acceptors (Lipinski definition) is 5. The van der Waals surface area contributed by atoms with Crippen molar-refractivity contribution in [2.45, 2.75) is 39.5 Å². The summed E-state index contributed by atoms with van der Waals surface area (Å²) in [5.41, 5.74) is 3.30. The summed E-state index contributed by atoms with van der Waals surface area (Å²) < 4.78 is 5.55. The van der Waals surface area contributed by atoms with E-state index in [1.54, 1.807) is 7.11 Å². The highest BCUT2D eigenvalue weighted by atomic mass is 16.5. The van der Waals surface area contributed by atoms with Crippen LogP contribution in [0.25, 0.3) is 0 Å². The quantitative estimate of drug-likeness (QED) is 0.583. The molecule has 2 N–H and O–H groups in total. The third kappa shape index (κ3) is 6.08. The maximum Gasteiger partial charge on any atom is 0.253 e. The topological polar surface area (TPSA) is 73.9 Å². The van der Waals surface area contributed by atoms with Crippen molar-refractivity contribution in [2.75, 3.05) is 55.0 Å². The Hall–Kier alpha value is -3.22. The van der Waals surface area contributed by atoms with Crippen molar-refractivity contribution < 1.29 is 14.3 Å². The molecule has 7 nitrogen and oxygen atoms in total. The first-order valence-electron chi connectivity index (χ1n) is 12.8. The Morgan fingerprint density at radius 1 is 0.971 bits per heavy atom. The lowest BCUT2D eigenvalue weighted by Crippen LogP contribution is -2.47. The van der Waals surface area contributed by atoms with Crippen molar-refractivity contribution in [2.24, 2.45) is 11.8 Å². The van der Waals surface area contributed by atoms with Crippen LogP contribution in [0, 0.1) is 11.8 Å². The summed E-state index contributed by atoms with van der Waals surface area (Å²) in [6.45, 7) is 8.00. The molecule has 0 bridgehead atoms. The molecular weight excluding hydrogens is 440 g/mol. The molecule has 7 heteroatoms. The second-order valence-corrected chi connectivity index (χ2v) is 9.95. The molecule has 2 aromatic carbocycles. The first-order valence-corrected chi connectivity index (χ1v) is 12.8. The lowest BCUT2D eigenvalue weighted by Gasteiger charge is -2.38. The molecule has 188 valence electrons. The molecule has 1 aliphatic heterocycles. The van der Waals surface area contributed by atoms with Crippen molar-refractivity contribution in [3.8, 4) is 5.75 Å². The number of carbonyl (C=O) groups is 2. The van der Waals surface area contributed by atoms with E-state index < -0.39 is 0 Å². The highest BCUT2D eigenvalue weighted by molar-refractivity contribution is 6.02. The lowest BCUT2D eigenvalue weighted by atomic mass is 10.1. The van der Waals surface area contributed by atoms with Crippen LogP contribution in [-0.4, -0.2) is 51.6 Å². The molecule has 4 rings (SSSR count). The van der Waals surface area contributed by atoms with Gasteiger partial charge >= 0.3 is 0 Å². The van der Waals surface area contributed by atoms with Gasteiger partial charge < -0.3 is 25.2 Å². The Kier molecular flexibility index (Phi) is 8.16. The normalized spacial score (nSPS) is 16.5. The maximum atomic E-state index is 13.2. The average molecular weight is 479 g/mol. The number of piperazine rings is 1. The van der Waals surface area contributed by atoms with Crippen LogP contribution in [0.1, 0.15) is 49.9 Å². The first-order chi connectivity index (χ1) is 17.0. The Morgan fingerprint density at radius 3 is 2.29 bits per heavy atom. The second-order valence-electron chi connectivity index (χ2n) is 9.95. The minimum atomic E-state index is -0.0992. The number of benzene rings is 2. The van der Waals surface area contributed by atoms with Gasteiger partial charge in [-0.1, -0.05) is 38.8 Å². The maximum absolute atomic E-state index is 13.2. The third-order valence-electron chi connectivity index (χ3n) is 6.95. The number of hydrogen-bond donors (Lipinski definition) is 2. The van der Waals surface area contributed by atoms with Crippen LogP contribution in [-0.2, 0) is 4.79 Å². The number of nitrogens with one attached hydrogen (secondary N) is 2. The number of methoxy groups -OCH3 is 1. The molecule has 35 heavy (non-hydrogen) atoms. The van der Waals surface area contributed by atoms with E-state index in [9.17, 15) is 9.59 Å². The zero-order valence-electron chi connectivity index (χ0n) is 21.2. The van der Waals surface area contributed by atoms with Gasteiger partial charge in [0.25, 0.3) is 5.91 Å². The van der Waals surface area contributed by atoms with E-state index in [0.717, 1.165) is 69.0 Å². The summed E-state index contributed by atoms with van der Waals surface area (Å²) in [7, 11) is 1.70. The molecule has 2 amide bonds. The molecule has 0 radical (unpaired) electrons. The Bertz CT molecular complexity index is 1020. The number of rotatable bonds is 8. The Balaban J connectivity index is 1.51. The average Bonchev–Trinajstić information content (AvgIpc) is 3.43. The van der Waals surface area contributed by atoms with Gasteiger partial charge in [-0.3, -0.25) is 9.59 Å². The van der Waals surface area contributed by atoms with E-state index in [1.165, 1.54) is 0 Å². The molecule has 0 spiro atoms. The van der Waals surface area contributed by atoms with Crippen LogP contribution in [0.5, 0.6) is 5.75 Å². The van der Waals surface area contributed by atoms with Gasteiger partial charge in [0.1, 0.15) is 5.75 Å². The Morgan fingerprint density at radius 2 is 1.63 bits per heavy atom. The van der Waals surface area contributed by atoms with Crippen molar-refractivity contribution in [3.63, 3.8) is 0 Å². The number of carbonyl (C=O) groups excluding carboxylic acids is 2. The van der Waals surface area contributed by atoms with Crippen LogP contribution in [0.2, 0.25) is 0 Å². The fraction of sp³-hybridized carbons (Fsp3) is 0.500. The van der Waals surface area contributed by atoms with Crippen LogP contribution < -0.4 is 25.2 Å². The smallest absolute Gasteiger partial charge is 0.253 e. The zero-order valence-corrected chi connectivity index (χ0v) is 21.2. The lowest BCUT2D eigenvalue weighted by molar-refractivity contribution is -0.119. The van der Waals surface area contributed by atoms with Gasteiger partial charge in [-0.2, -0.15) is 0 Å². The number of anilines is 3. The van der Waals surface area contributed by atoms with Crippen LogP contribution >= 0.6 is 0 Å². The van der Waals surface area contributed by atoms with Crippen LogP contribution in [0.4, 0.5) is 17.1 Å². The highest BCUT2D eigenvalue weighted by Crippen LogP contribution is 2.31. The largest absolute Gasteiger partial charge is 0.495 e. The van der Waals surface area contributed by atoms with Gasteiger partial charge in [0.2, 0.25) is 5.91 Å². The minimum absolute atomic E-state index is 0.0641. The molecule has 2 aliphatic rings. The van der Waals surface area contributed by atoms with Gasteiger partial charge in [-0.05, 0) is 49.1 Å². The molecule has 0 unspecified atom stereocenters. The van der Waals surface area contributed by atoms with Gasteiger partial charge in [-0.25, -0.2) is 0 Å². The zero-order chi connectivity index (χ0) is 24.8. The standard InChI is InChI=1S/C28H38N4O3/c1-20(2)19-29-28(34)23-18-22(30-27(33)21-8-4-5-9-21)12-13-24(23)31-14-16-32(17-15-31)25-10-6-7-11-26(25)35-3/h6-7,10-13,18,20-21H,4-5,8-9,14-17,19H2,1-3H3,(H,29,34)(H,30,33). The number of nitrogens with zero attached hydrogens (tertiary/aromatic N) is 2. The molecule has 0 atom stereocenters. The second kappa shape index (κ2) is 11.5. The molecule has 1 aliphatic carbocycles. The van der Waals surface area contributed by atoms with Crippen molar-refractivity contribution in [1.82, 2.24) is 5.32 Å². The van der Waals surface area contributed by atoms with Gasteiger partial charge in [-0.15, -0.1) is 0 Å². The van der Waals surface area contributed by atoms with Gasteiger partial charge in [0, 0.05) is 50.0 Å². The van der Waals surface area contributed by atoms with Gasteiger partial charge in [0.05, 0.1) is 18.4 Å². The molecule has 1 saturated carbocycles. The minimum Gasteiger partial charge on any atom is -0.495 e. The molecule has 2 aromatic rings. The third-order valence-corrected chi connectivity index (χ3v) is 6.95. The predicted molar refractivity (Wildman–Crippen MR) is 142 cm³/mol. The number of ether oxygens (including phenoxy) is 1. The van der Waals surface area contributed by atoms with Crippen molar-refractivity contribution >= 4 is 28.9 Å². The van der Waals surface area contributed by atoms with E-state index in [4.69, 9.17) is 4.74 Å². The van der Waals surface area contributed by atoms with E-state index in [0.29, 0.717) is 23.7 Å². The van der Waals surface area contributed by atoms with E-state index in [-0.39, 0.29) is 17.7 Å². The highest BCUT2D eigenvalue weighted by Gasteiger charge is 2.25. The SMILES string of the molecule is COc1ccccc1N1CCN(c2ccc(NC(=O)C3CCCC3)cc2C(=O)NCC(C)C)CC1. The van der Waals surface area contributed by atoms with E-state index in [2.05, 4.69) is 40.3 Å². The monoisotopic (exact) mass is 478 g/mol. The Labute approximate surface area is 208 Å². The van der Waals surface area contributed by atoms with Crippen LogP contribution in [0.15, 0.2) is 42.5 Å². The molecule has 0 aromatic heterocycles. The summed E-state index contributed by atoms with van der Waals surface area (Å²) >= 11 is 0. The summed E-state index contributed by atoms with van der Waals surface area (Å²) in [4.78, 5) is 30.5. The number of para-hydroxylation sites is 2. The van der Waals surface area contributed by atoms with Crippen LogP contribution in [0.3, 0.4) is 0 Å². The fourth-order valence-corrected chi connectivity index (χ4v) is 4.98. The summed E-state index contributed by atoms with van der Waals surface area (Å²) in [6.07, 6.45) is 4.12. The summed E-state index contributed by atoms with van der Waals surface area (Å²) in [5, 5.41) is 6.11. The fourth-order valence-electron chi connectivity index (χ4n) is 4.98. The summed E-state index contributed by atoms with van der Waals surface area (Å²) in [6, 6.07) is 13.8. The van der Waals surface area contributed by atoms with E-state index >= 15 is 0 Å². The summed E-state index contributed by atoms with van der Waals surface area (Å²) in [5.74, 6) is 1.28. The first kappa shape index (κ1) is 24.9. The molecule has 2 fully saturated rings. The van der Waals surface area contributed by atoms with Crippen molar-refractivity contribution in [3.05, 3.63) is 48.0 Å². The van der Waals surface area contributed by atoms with E-state index in [1.807, 2.05) is 36.4 Å².